The van der Waals surface area contributed by atoms with Gasteiger partial charge in [0.2, 0.25) is 6.79 Å². The number of fused-ring (bicyclic) bond motifs is 3. The predicted molar refractivity (Wildman–Crippen MR) is 159 cm³/mol. The van der Waals surface area contributed by atoms with Crippen LogP contribution in [0.4, 0.5) is 5.69 Å². The summed E-state index contributed by atoms with van der Waals surface area (Å²) in [4.78, 5) is 47.8. The Morgan fingerprint density at radius 1 is 0.833 bits per heavy atom. The van der Waals surface area contributed by atoms with Crippen molar-refractivity contribution in [3.63, 3.8) is 0 Å². The summed E-state index contributed by atoms with van der Waals surface area (Å²) in [6.07, 6.45) is 1.96. The number of benzene rings is 4. The molecule has 0 bridgehead atoms. The lowest BCUT2D eigenvalue weighted by atomic mass is 10.0. The van der Waals surface area contributed by atoms with Crippen LogP contribution in [-0.4, -0.2) is 40.8 Å². The number of amides is 2. The van der Waals surface area contributed by atoms with Crippen molar-refractivity contribution in [2.24, 2.45) is 4.99 Å². The quantitative estimate of drug-likeness (QED) is 0.267. The Morgan fingerprint density at radius 3 is 2.17 bits per heavy atom. The molecule has 206 valence electrons. The van der Waals surface area contributed by atoms with E-state index < -0.39 is 17.9 Å². The number of hydrogen-bond donors (Lipinski definition) is 0. The number of hydrogen-bond acceptors (Lipinski definition) is 6. The topological polar surface area (TPSA) is 90.2 Å². The minimum Gasteiger partial charge on any atom is -0.454 e. The van der Waals surface area contributed by atoms with Gasteiger partial charge in [0.05, 0.1) is 11.2 Å². The fraction of sp³-hybridized carbons (Fsp3) is 0.118. The molecule has 1 atom stereocenters. The average Bonchev–Trinajstić information content (AvgIpc) is 3.62. The maximum atomic E-state index is 14.3. The maximum absolute atomic E-state index is 14.3. The highest BCUT2D eigenvalue weighted by molar-refractivity contribution is 6.26. The molecule has 0 saturated heterocycles. The van der Waals surface area contributed by atoms with Crippen molar-refractivity contribution in [1.29, 1.82) is 0 Å². The third-order valence-electron chi connectivity index (χ3n) is 7.65. The highest BCUT2D eigenvalue weighted by Gasteiger charge is 2.37. The first kappa shape index (κ1) is 25.5. The van der Waals surface area contributed by atoms with Gasteiger partial charge in [-0.3, -0.25) is 23.9 Å². The van der Waals surface area contributed by atoms with Crippen LogP contribution in [0.25, 0.3) is 10.9 Å². The molecule has 8 nitrogen and oxygen atoms in total. The lowest BCUT2D eigenvalue weighted by Gasteiger charge is -2.24. The molecular formula is C34H25N3O5. The Bertz CT molecular complexity index is 1910. The van der Waals surface area contributed by atoms with Crippen LogP contribution < -0.4 is 14.4 Å². The molecule has 0 N–H and O–H groups in total. The molecule has 0 saturated carbocycles. The molecule has 4 aromatic carbocycles. The Morgan fingerprint density at radius 2 is 1.45 bits per heavy atom. The van der Waals surface area contributed by atoms with Gasteiger partial charge in [-0.25, -0.2) is 4.90 Å². The minimum atomic E-state index is -0.923. The molecule has 2 aliphatic rings. The largest absolute Gasteiger partial charge is 0.454 e. The second kappa shape index (κ2) is 10.2. The van der Waals surface area contributed by atoms with E-state index in [1.807, 2.05) is 55.5 Å². The number of rotatable bonds is 4. The van der Waals surface area contributed by atoms with Gasteiger partial charge in [0.25, 0.3) is 17.7 Å². The molecule has 0 fully saturated rings. The monoisotopic (exact) mass is 555 g/mol. The van der Waals surface area contributed by atoms with Crippen LogP contribution >= 0.6 is 0 Å². The fourth-order valence-electron chi connectivity index (χ4n) is 5.59. The fourth-order valence-corrected chi connectivity index (χ4v) is 5.59. The molecule has 2 amide bonds. The molecule has 0 radical (unpaired) electrons. The number of nitrogens with zero attached hydrogens (tertiary/aromatic N) is 3. The molecule has 42 heavy (non-hydrogen) atoms. The minimum absolute atomic E-state index is 0.0589. The number of carbonyl (C=O) groups excluding carboxylic acids is 3. The normalized spacial score (nSPS) is 15.7. The summed E-state index contributed by atoms with van der Waals surface area (Å²) in [5.41, 5.74) is 4.03. The van der Waals surface area contributed by atoms with E-state index >= 15 is 0 Å². The number of anilines is 1. The summed E-state index contributed by atoms with van der Waals surface area (Å²) >= 11 is 0. The number of imide groups is 1. The molecule has 3 heterocycles. The second-order valence-electron chi connectivity index (χ2n) is 10.2. The molecule has 7 rings (SSSR count). The van der Waals surface area contributed by atoms with Crippen molar-refractivity contribution in [2.75, 3.05) is 11.7 Å². The van der Waals surface area contributed by atoms with Gasteiger partial charge >= 0.3 is 0 Å². The lowest BCUT2D eigenvalue weighted by molar-refractivity contribution is -0.119. The standard InChI is InChI=1S/C34H25N3O5/c1-21-26-17-30-31(42-20-41-30)18-29(26)37(33(39)23-12-6-3-7-13-23)34(40)27(35-21)16-24-19-36(28-15-9-8-14-25(24)28)32(38)22-10-4-2-5-11-22/h2-15,17-19,27H,16,20H2,1H3. The van der Waals surface area contributed by atoms with Crippen molar-refractivity contribution in [3.05, 3.63) is 126 Å². The third kappa shape index (κ3) is 4.25. The summed E-state index contributed by atoms with van der Waals surface area (Å²) in [6, 6.07) is 27.8. The van der Waals surface area contributed by atoms with E-state index in [1.54, 1.807) is 59.3 Å². The molecule has 0 spiro atoms. The predicted octanol–water partition coefficient (Wildman–Crippen LogP) is 5.67. The van der Waals surface area contributed by atoms with Crippen LogP contribution in [0.2, 0.25) is 0 Å². The molecule has 8 heteroatoms. The summed E-state index contributed by atoms with van der Waals surface area (Å²) in [7, 11) is 0. The van der Waals surface area contributed by atoms with E-state index in [4.69, 9.17) is 14.5 Å². The van der Waals surface area contributed by atoms with Gasteiger partial charge < -0.3 is 9.47 Å². The summed E-state index contributed by atoms with van der Waals surface area (Å²) in [6.45, 7) is 1.88. The molecule has 1 aromatic heterocycles. The van der Waals surface area contributed by atoms with E-state index in [9.17, 15) is 14.4 Å². The van der Waals surface area contributed by atoms with Crippen molar-refractivity contribution >= 4 is 40.0 Å². The molecule has 1 unspecified atom stereocenters. The Kier molecular flexibility index (Phi) is 6.16. The first-order chi connectivity index (χ1) is 20.5. The van der Waals surface area contributed by atoms with Crippen molar-refractivity contribution in [1.82, 2.24) is 4.57 Å². The first-order valence-corrected chi connectivity index (χ1v) is 13.6. The van der Waals surface area contributed by atoms with Crippen LogP contribution in [-0.2, 0) is 11.2 Å². The lowest BCUT2D eigenvalue weighted by Crippen LogP contribution is -2.43. The van der Waals surface area contributed by atoms with E-state index in [1.165, 1.54) is 4.90 Å². The Hall–Kier alpha value is -5.50. The number of aromatic nitrogens is 1. The van der Waals surface area contributed by atoms with Crippen LogP contribution in [0.3, 0.4) is 0 Å². The van der Waals surface area contributed by atoms with Crippen molar-refractivity contribution in [3.8, 4) is 11.5 Å². The zero-order valence-electron chi connectivity index (χ0n) is 22.7. The Labute approximate surface area is 241 Å². The zero-order valence-corrected chi connectivity index (χ0v) is 22.7. The SMILES string of the molecule is CC1=NC(Cc2cn(C(=O)c3ccccc3)c3ccccc23)C(=O)N(C(=O)c2ccccc2)c2cc3c(cc21)OCO3. The van der Waals surface area contributed by atoms with Gasteiger partial charge in [-0.2, -0.15) is 0 Å². The zero-order chi connectivity index (χ0) is 28.8. The summed E-state index contributed by atoms with van der Waals surface area (Å²) < 4.78 is 12.8. The number of ether oxygens (including phenoxy) is 2. The van der Waals surface area contributed by atoms with Crippen LogP contribution in [0.5, 0.6) is 11.5 Å². The highest BCUT2D eigenvalue weighted by atomic mass is 16.7. The van der Waals surface area contributed by atoms with Crippen molar-refractivity contribution < 1.29 is 23.9 Å². The van der Waals surface area contributed by atoms with Gasteiger partial charge in [-0.1, -0.05) is 54.6 Å². The maximum Gasteiger partial charge on any atom is 0.265 e. The number of carbonyl (C=O) groups is 3. The van der Waals surface area contributed by atoms with E-state index in [-0.39, 0.29) is 19.1 Å². The van der Waals surface area contributed by atoms with Gasteiger partial charge in [0.15, 0.2) is 11.5 Å². The first-order valence-electron chi connectivity index (χ1n) is 13.6. The Balaban J connectivity index is 1.33. The smallest absolute Gasteiger partial charge is 0.265 e. The number of aliphatic imine (C=N–C) groups is 1. The third-order valence-corrected chi connectivity index (χ3v) is 7.65. The van der Waals surface area contributed by atoms with Crippen LogP contribution in [0, 0.1) is 0 Å². The average molecular weight is 556 g/mol. The van der Waals surface area contributed by atoms with Gasteiger partial charge in [-0.15, -0.1) is 0 Å². The van der Waals surface area contributed by atoms with Crippen molar-refractivity contribution in [2.45, 2.75) is 19.4 Å². The second-order valence-corrected chi connectivity index (χ2v) is 10.2. The van der Waals surface area contributed by atoms with Gasteiger partial charge in [-0.05, 0) is 48.9 Å². The highest BCUT2D eigenvalue weighted by Crippen LogP contribution is 2.41. The van der Waals surface area contributed by atoms with Crippen LogP contribution in [0.15, 0.2) is 108 Å². The van der Waals surface area contributed by atoms with E-state index in [2.05, 4.69) is 0 Å². The molecule has 2 aliphatic heterocycles. The number of para-hydroxylation sites is 1. The molecule has 5 aromatic rings. The molecular weight excluding hydrogens is 530 g/mol. The van der Waals surface area contributed by atoms with E-state index in [0.717, 1.165) is 16.5 Å². The molecule has 0 aliphatic carbocycles. The van der Waals surface area contributed by atoms with Crippen LogP contribution in [0.1, 0.15) is 38.8 Å². The summed E-state index contributed by atoms with van der Waals surface area (Å²) in [5, 5.41) is 0.839. The van der Waals surface area contributed by atoms with Gasteiger partial charge in [0.1, 0.15) is 6.04 Å². The van der Waals surface area contributed by atoms with E-state index in [0.29, 0.717) is 39.6 Å². The summed E-state index contributed by atoms with van der Waals surface area (Å²) in [5.74, 6) is -0.109. The van der Waals surface area contributed by atoms with Gasteiger partial charge in [0, 0.05) is 46.5 Å².